The molecule has 0 aliphatic carbocycles. The van der Waals surface area contributed by atoms with Crippen LogP contribution in [-0.4, -0.2) is 18.8 Å². The molecule has 0 bridgehead atoms. The molecule has 1 aromatic rings. The number of aliphatic hydroxyl groups excluding tert-OH is 1. The zero-order valence-corrected chi connectivity index (χ0v) is 8.94. The Kier molecular flexibility index (Phi) is 4.87. The molecule has 15 heavy (non-hydrogen) atoms. The maximum Gasteiger partial charge on any atom is 0.124 e. The number of aliphatic hydroxyl groups is 1. The molecule has 0 radical (unpaired) electrons. The predicted molar refractivity (Wildman–Crippen MR) is 61.6 cm³/mol. The molecule has 0 spiro atoms. The Morgan fingerprint density at radius 3 is 2.87 bits per heavy atom. The Morgan fingerprint density at radius 1 is 1.47 bits per heavy atom. The van der Waals surface area contributed by atoms with Crippen molar-refractivity contribution >= 4 is 6.08 Å². The topological polar surface area (TPSA) is 55.5 Å². The maximum atomic E-state index is 9.04. The maximum absolute atomic E-state index is 9.04. The average Bonchev–Trinajstić information content (AvgIpc) is 2.29. The number of nitrogens with two attached hydrogens (primary N) is 1. The van der Waals surface area contributed by atoms with E-state index in [0.717, 1.165) is 17.5 Å². The zero-order chi connectivity index (χ0) is 11.1. The van der Waals surface area contributed by atoms with Crippen LogP contribution in [0.25, 0.3) is 6.08 Å². The molecular weight excluding hydrogens is 190 g/mol. The number of rotatable bonds is 5. The van der Waals surface area contributed by atoms with Crippen LogP contribution in [0.15, 0.2) is 24.3 Å². The number of hydrogen-bond donors (Lipinski definition) is 2. The van der Waals surface area contributed by atoms with Gasteiger partial charge in [0.25, 0.3) is 0 Å². The molecule has 3 N–H and O–H groups in total. The smallest absolute Gasteiger partial charge is 0.124 e. The highest BCUT2D eigenvalue weighted by atomic mass is 16.5. The summed E-state index contributed by atoms with van der Waals surface area (Å²) >= 11 is 0. The Hall–Kier alpha value is -1.32. The van der Waals surface area contributed by atoms with E-state index in [1.807, 2.05) is 30.4 Å². The lowest BCUT2D eigenvalue weighted by Gasteiger charge is -2.06. The lowest BCUT2D eigenvalue weighted by molar-refractivity contribution is 0.274. The first-order chi connectivity index (χ1) is 7.31. The number of methoxy groups -OCH3 is 1. The van der Waals surface area contributed by atoms with Crippen molar-refractivity contribution in [2.45, 2.75) is 13.0 Å². The van der Waals surface area contributed by atoms with Gasteiger partial charge in [-0.2, -0.15) is 0 Å². The molecule has 1 aromatic carbocycles. The minimum Gasteiger partial charge on any atom is -0.496 e. The first-order valence-corrected chi connectivity index (χ1v) is 4.96. The van der Waals surface area contributed by atoms with E-state index in [1.165, 1.54) is 0 Å². The molecule has 0 aliphatic heterocycles. The van der Waals surface area contributed by atoms with Gasteiger partial charge in [0.1, 0.15) is 5.75 Å². The normalized spacial score (nSPS) is 10.9. The van der Waals surface area contributed by atoms with Gasteiger partial charge in [-0.25, -0.2) is 0 Å². The fourth-order valence-electron chi connectivity index (χ4n) is 1.31. The van der Waals surface area contributed by atoms with Crippen LogP contribution in [0.2, 0.25) is 0 Å². The molecule has 0 heterocycles. The van der Waals surface area contributed by atoms with E-state index < -0.39 is 0 Å². The van der Waals surface area contributed by atoms with Crippen LogP contribution >= 0.6 is 0 Å². The average molecular weight is 207 g/mol. The van der Waals surface area contributed by atoms with Crippen LogP contribution < -0.4 is 10.5 Å². The zero-order valence-electron chi connectivity index (χ0n) is 8.94. The Balaban J connectivity index is 2.83. The molecule has 0 aromatic heterocycles. The molecule has 0 fully saturated rings. The van der Waals surface area contributed by atoms with Gasteiger partial charge in [-0.3, -0.25) is 0 Å². The summed E-state index contributed by atoms with van der Waals surface area (Å²) < 4.78 is 5.16. The van der Waals surface area contributed by atoms with Gasteiger partial charge in [0, 0.05) is 5.56 Å². The van der Waals surface area contributed by atoms with Gasteiger partial charge in [0.2, 0.25) is 0 Å². The molecule has 1 rings (SSSR count). The molecule has 0 saturated heterocycles. The summed E-state index contributed by atoms with van der Waals surface area (Å²) in [5, 5.41) is 9.04. The third kappa shape index (κ3) is 3.38. The van der Waals surface area contributed by atoms with Crippen molar-refractivity contribution < 1.29 is 9.84 Å². The lowest BCUT2D eigenvalue weighted by atomic mass is 10.1. The molecule has 0 saturated carbocycles. The van der Waals surface area contributed by atoms with Crippen molar-refractivity contribution in [1.82, 2.24) is 0 Å². The summed E-state index contributed by atoms with van der Waals surface area (Å²) in [5.74, 6) is 0.715. The SMILES string of the molecule is COc1cc(C=CCCN)ccc1CO. The summed E-state index contributed by atoms with van der Waals surface area (Å²) in [5.41, 5.74) is 7.24. The van der Waals surface area contributed by atoms with Crippen molar-refractivity contribution in [1.29, 1.82) is 0 Å². The van der Waals surface area contributed by atoms with Crippen molar-refractivity contribution in [2.75, 3.05) is 13.7 Å². The van der Waals surface area contributed by atoms with E-state index in [1.54, 1.807) is 7.11 Å². The summed E-state index contributed by atoms with van der Waals surface area (Å²) in [6.45, 7) is 0.651. The summed E-state index contributed by atoms with van der Waals surface area (Å²) in [6.07, 6.45) is 4.88. The van der Waals surface area contributed by atoms with Crippen LogP contribution in [-0.2, 0) is 6.61 Å². The lowest BCUT2D eigenvalue weighted by Crippen LogP contribution is -1.95. The number of ether oxygens (including phenoxy) is 1. The van der Waals surface area contributed by atoms with Gasteiger partial charge < -0.3 is 15.6 Å². The Labute approximate surface area is 90.2 Å². The Bertz CT molecular complexity index is 334. The van der Waals surface area contributed by atoms with Crippen molar-refractivity contribution in [3.8, 4) is 5.75 Å². The summed E-state index contributed by atoms with van der Waals surface area (Å²) in [4.78, 5) is 0. The molecule has 0 unspecified atom stereocenters. The van der Waals surface area contributed by atoms with Crippen LogP contribution in [0.3, 0.4) is 0 Å². The molecule has 0 amide bonds. The van der Waals surface area contributed by atoms with Crippen LogP contribution in [0.1, 0.15) is 17.5 Å². The third-order valence-electron chi connectivity index (χ3n) is 2.13. The molecule has 82 valence electrons. The highest BCUT2D eigenvalue weighted by Gasteiger charge is 2.01. The monoisotopic (exact) mass is 207 g/mol. The highest BCUT2D eigenvalue weighted by molar-refractivity contribution is 5.53. The Morgan fingerprint density at radius 2 is 2.27 bits per heavy atom. The van der Waals surface area contributed by atoms with Gasteiger partial charge in [-0.1, -0.05) is 24.3 Å². The molecule has 0 aliphatic rings. The van der Waals surface area contributed by atoms with Crippen molar-refractivity contribution in [3.05, 3.63) is 35.4 Å². The second kappa shape index (κ2) is 6.22. The van der Waals surface area contributed by atoms with E-state index in [-0.39, 0.29) is 6.61 Å². The quantitative estimate of drug-likeness (QED) is 0.770. The summed E-state index contributed by atoms with van der Waals surface area (Å²) in [6, 6.07) is 5.71. The van der Waals surface area contributed by atoms with Crippen LogP contribution in [0, 0.1) is 0 Å². The molecular formula is C12H17NO2. The molecule has 3 nitrogen and oxygen atoms in total. The fourth-order valence-corrected chi connectivity index (χ4v) is 1.31. The third-order valence-corrected chi connectivity index (χ3v) is 2.13. The van der Waals surface area contributed by atoms with E-state index in [2.05, 4.69) is 0 Å². The number of hydrogen-bond acceptors (Lipinski definition) is 3. The van der Waals surface area contributed by atoms with Gasteiger partial charge >= 0.3 is 0 Å². The second-order valence-electron chi connectivity index (χ2n) is 3.21. The summed E-state index contributed by atoms with van der Waals surface area (Å²) in [7, 11) is 1.60. The largest absolute Gasteiger partial charge is 0.496 e. The van der Waals surface area contributed by atoms with E-state index in [9.17, 15) is 0 Å². The van der Waals surface area contributed by atoms with Crippen LogP contribution in [0.5, 0.6) is 5.75 Å². The first kappa shape index (κ1) is 11.8. The fraction of sp³-hybridized carbons (Fsp3) is 0.333. The minimum atomic E-state index is -0.00400. The van der Waals surface area contributed by atoms with Gasteiger partial charge in [0.05, 0.1) is 13.7 Å². The van der Waals surface area contributed by atoms with E-state index in [0.29, 0.717) is 12.3 Å². The van der Waals surface area contributed by atoms with Gasteiger partial charge in [0.15, 0.2) is 0 Å². The van der Waals surface area contributed by atoms with Gasteiger partial charge in [-0.05, 0) is 24.6 Å². The van der Waals surface area contributed by atoms with Gasteiger partial charge in [-0.15, -0.1) is 0 Å². The molecule has 3 heteroatoms. The highest BCUT2D eigenvalue weighted by Crippen LogP contribution is 2.20. The van der Waals surface area contributed by atoms with Crippen molar-refractivity contribution in [3.63, 3.8) is 0 Å². The second-order valence-corrected chi connectivity index (χ2v) is 3.21. The predicted octanol–water partition coefficient (Wildman–Crippen LogP) is 1.55. The van der Waals surface area contributed by atoms with Crippen molar-refractivity contribution in [2.24, 2.45) is 5.73 Å². The standard InChI is InChI=1S/C12H17NO2/c1-15-12-8-10(4-2-3-7-13)5-6-11(12)9-14/h2,4-6,8,14H,3,7,9,13H2,1H3. The van der Waals surface area contributed by atoms with E-state index in [4.69, 9.17) is 15.6 Å². The number of benzene rings is 1. The molecule has 0 atom stereocenters. The van der Waals surface area contributed by atoms with Crippen LogP contribution in [0.4, 0.5) is 0 Å². The van der Waals surface area contributed by atoms with E-state index >= 15 is 0 Å². The first-order valence-electron chi connectivity index (χ1n) is 4.96. The minimum absolute atomic E-state index is 0.00400.